The van der Waals surface area contributed by atoms with E-state index in [0.29, 0.717) is 0 Å². The minimum absolute atomic E-state index is 0.163. The number of rotatable bonds is 1. The molecule has 0 atom stereocenters. The first-order valence-electron chi connectivity index (χ1n) is 4.80. The molecule has 0 amide bonds. The van der Waals surface area contributed by atoms with Crippen molar-refractivity contribution in [2.45, 2.75) is 44.6 Å². The summed E-state index contributed by atoms with van der Waals surface area (Å²) in [5, 5.41) is 10.2. The highest BCUT2D eigenvalue weighted by atomic mass is 32.1. The highest BCUT2D eigenvalue weighted by Gasteiger charge is 2.32. The van der Waals surface area contributed by atoms with Gasteiger partial charge in [-0.2, -0.15) is 0 Å². The van der Waals surface area contributed by atoms with Crippen LogP contribution in [0.2, 0.25) is 0 Å². The highest BCUT2D eigenvalue weighted by molar-refractivity contribution is 7.11. The van der Waals surface area contributed by atoms with Crippen molar-refractivity contribution in [3.8, 4) is 0 Å². The number of nitrogens with zero attached hydrogens (tertiary/aromatic N) is 2. The van der Waals surface area contributed by atoms with E-state index in [1.807, 2.05) is 6.92 Å². The number of aromatic nitrogens is 2. The van der Waals surface area contributed by atoms with Gasteiger partial charge in [0.05, 0.1) is 5.54 Å². The molecular formula is C9H15N3S. The van der Waals surface area contributed by atoms with Crippen molar-refractivity contribution in [2.75, 3.05) is 0 Å². The average molecular weight is 197 g/mol. The van der Waals surface area contributed by atoms with Gasteiger partial charge in [0, 0.05) is 0 Å². The van der Waals surface area contributed by atoms with E-state index in [4.69, 9.17) is 5.73 Å². The number of aryl methyl sites for hydroxylation is 1. The fourth-order valence-corrected chi connectivity index (χ4v) is 2.74. The molecule has 0 unspecified atom stereocenters. The summed E-state index contributed by atoms with van der Waals surface area (Å²) in [5.41, 5.74) is 6.14. The standard InChI is InChI=1S/C9H15N3S/c1-7-11-12-8(13-7)9(10)5-3-2-4-6-9/h2-6,10H2,1H3. The summed E-state index contributed by atoms with van der Waals surface area (Å²) in [4.78, 5) is 0. The molecule has 3 nitrogen and oxygen atoms in total. The van der Waals surface area contributed by atoms with Crippen LogP contribution in [0.25, 0.3) is 0 Å². The molecule has 0 bridgehead atoms. The van der Waals surface area contributed by atoms with Gasteiger partial charge >= 0.3 is 0 Å². The molecule has 1 aromatic heterocycles. The highest BCUT2D eigenvalue weighted by Crippen LogP contribution is 2.35. The van der Waals surface area contributed by atoms with Gasteiger partial charge in [-0.05, 0) is 19.8 Å². The average Bonchev–Trinajstić information content (AvgIpc) is 2.54. The third-order valence-electron chi connectivity index (χ3n) is 2.70. The Labute approximate surface area is 82.4 Å². The van der Waals surface area contributed by atoms with Crippen LogP contribution < -0.4 is 5.73 Å². The molecule has 1 aliphatic carbocycles. The Balaban J connectivity index is 2.22. The molecule has 1 aromatic rings. The SMILES string of the molecule is Cc1nnc(C2(N)CCCCC2)s1. The van der Waals surface area contributed by atoms with Crippen LogP contribution in [0.3, 0.4) is 0 Å². The predicted molar refractivity (Wildman–Crippen MR) is 53.6 cm³/mol. The molecule has 2 rings (SSSR count). The second kappa shape index (κ2) is 3.35. The van der Waals surface area contributed by atoms with E-state index < -0.39 is 0 Å². The zero-order valence-electron chi connectivity index (χ0n) is 7.92. The molecule has 1 saturated carbocycles. The van der Waals surface area contributed by atoms with E-state index in [-0.39, 0.29) is 5.54 Å². The van der Waals surface area contributed by atoms with Crippen LogP contribution >= 0.6 is 11.3 Å². The lowest BCUT2D eigenvalue weighted by Crippen LogP contribution is -2.38. The summed E-state index contributed by atoms with van der Waals surface area (Å²) >= 11 is 1.65. The molecule has 0 spiro atoms. The maximum Gasteiger partial charge on any atom is 0.137 e. The lowest BCUT2D eigenvalue weighted by Gasteiger charge is -2.30. The second-order valence-electron chi connectivity index (χ2n) is 3.84. The van der Waals surface area contributed by atoms with Crippen LogP contribution in [0, 0.1) is 6.92 Å². The predicted octanol–water partition coefficient (Wildman–Crippen LogP) is 1.96. The van der Waals surface area contributed by atoms with E-state index >= 15 is 0 Å². The topological polar surface area (TPSA) is 51.8 Å². The minimum atomic E-state index is -0.163. The molecule has 1 heterocycles. The van der Waals surface area contributed by atoms with E-state index in [1.165, 1.54) is 19.3 Å². The lowest BCUT2D eigenvalue weighted by molar-refractivity contribution is 0.300. The Morgan fingerprint density at radius 3 is 2.46 bits per heavy atom. The second-order valence-corrected chi connectivity index (χ2v) is 5.02. The van der Waals surface area contributed by atoms with Gasteiger partial charge in [-0.3, -0.25) is 0 Å². The van der Waals surface area contributed by atoms with Gasteiger partial charge in [0.2, 0.25) is 0 Å². The molecule has 1 fully saturated rings. The van der Waals surface area contributed by atoms with Gasteiger partial charge in [0.25, 0.3) is 0 Å². The summed E-state index contributed by atoms with van der Waals surface area (Å²) in [6, 6.07) is 0. The molecule has 13 heavy (non-hydrogen) atoms. The van der Waals surface area contributed by atoms with Crippen molar-refractivity contribution in [1.82, 2.24) is 10.2 Å². The fraction of sp³-hybridized carbons (Fsp3) is 0.778. The summed E-state index contributed by atoms with van der Waals surface area (Å²) < 4.78 is 0. The van der Waals surface area contributed by atoms with Gasteiger partial charge < -0.3 is 5.73 Å². The molecule has 2 N–H and O–H groups in total. The zero-order valence-corrected chi connectivity index (χ0v) is 8.73. The summed E-state index contributed by atoms with van der Waals surface area (Å²) in [6.45, 7) is 1.98. The van der Waals surface area contributed by atoms with Crippen LogP contribution in [0.15, 0.2) is 0 Å². The first-order valence-corrected chi connectivity index (χ1v) is 5.62. The van der Waals surface area contributed by atoms with Crippen molar-refractivity contribution in [3.05, 3.63) is 10.0 Å². The van der Waals surface area contributed by atoms with Crippen molar-refractivity contribution in [3.63, 3.8) is 0 Å². The summed E-state index contributed by atoms with van der Waals surface area (Å²) in [6.07, 6.45) is 5.92. The lowest BCUT2D eigenvalue weighted by atomic mass is 9.83. The van der Waals surface area contributed by atoms with Crippen molar-refractivity contribution in [1.29, 1.82) is 0 Å². The quantitative estimate of drug-likeness (QED) is 0.748. The van der Waals surface area contributed by atoms with Gasteiger partial charge in [0.15, 0.2) is 0 Å². The maximum absolute atomic E-state index is 6.30. The van der Waals surface area contributed by atoms with Gasteiger partial charge in [-0.25, -0.2) is 0 Å². The Morgan fingerprint density at radius 1 is 1.23 bits per heavy atom. The van der Waals surface area contributed by atoms with E-state index in [1.54, 1.807) is 11.3 Å². The Hall–Kier alpha value is -0.480. The van der Waals surface area contributed by atoms with Crippen molar-refractivity contribution < 1.29 is 0 Å². The largest absolute Gasteiger partial charge is 0.319 e. The molecule has 0 saturated heterocycles. The van der Waals surface area contributed by atoms with Crippen LogP contribution in [0.5, 0.6) is 0 Å². The van der Waals surface area contributed by atoms with Crippen LogP contribution in [0.4, 0.5) is 0 Å². The maximum atomic E-state index is 6.30. The smallest absolute Gasteiger partial charge is 0.137 e. The third-order valence-corrected chi connectivity index (χ3v) is 3.76. The minimum Gasteiger partial charge on any atom is -0.319 e. The molecule has 0 radical (unpaired) electrons. The van der Waals surface area contributed by atoms with Crippen molar-refractivity contribution >= 4 is 11.3 Å². The number of nitrogens with two attached hydrogens (primary N) is 1. The first kappa shape index (κ1) is 9.09. The monoisotopic (exact) mass is 197 g/mol. The van der Waals surface area contributed by atoms with Gasteiger partial charge in [0.1, 0.15) is 10.0 Å². The third kappa shape index (κ3) is 1.74. The Bertz CT molecular complexity index is 289. The number of hydrogen-bond donors (Lipinski definition) is 1. The molecule has 4 heteroatoms. The van der Waals surface area contributed by atoms with Crippen LogP contribution in [0.1, 0.15) is 42.1 Å². The summed E-state index contributed by atoms with van der Waals surface area (Å²) in [5.74, 6) is 0. The van der Waals surface area contributed by atoms with Crippen LogP contribution in [-0.2, 0) is 5.54 Å². The Morgan fingerprint density at radius 2 is 1.92 bits per heavy atom. The zero-order chi connectivity index (χ0) is 9.31. The molecule has 0 aromatic carbocycles. The fourth-order valence-electron chi connectivity index (χ4n) is 1.89. The van der Waals surface area contributed by atoms with Crippen molar-refractivity contribution in [2.24, 2.45) is 5.73 Å². The molecule has 72 valence electrons. The normalized spacial score (nSPS) is 21.7. The van der Waals surface area contributed by atoms with E-state index in [2.05, 4.69) is 10.2 Å². The molecule has 0 aliphatic heterocycles. The Kier molecular flexibility index (Phi) is 2.34. The summed E-state index contributed by atoms with van der Waals surface area (Å²) in [7, 11) is 0. The van der Waals surface area contributed by atoms with E-state index in [9.17, 15) is 0 Å². The van der Waals surface area contributed by atoms with Gasteiger partial charge in [-0.1, -0.05) is 30.6 Å². The van der Waals surface area contributed by atoms with Crippen LogP contribution in [-0.4, -0.2) is 10.2 Å². The number of hydrogen-bond acceptors (Lipinski definition) is 4. The van der Waals surface area contributed by atoms with Gasteiger partial charge in [-0.15, -0.1) is 10.2 Å². The van der Waals surface area contributed by atoms with E-state index in [0.717, 1.165) is 22.9 Å². The molecular weight excluding hydrogens is 182 g/mol. The first-order chi connectivity index (χ1) is 6.21. The molecule has 1 aliphatic rings.